The van der Waals surface area contributed by atoms with Crippen molar-refractivity contribution in [2.75, 3.05) is 19.4 Å². The van der Waals surface area contributed by atoms with Crippen LogP contribution >= 0.6 is 0 Å². The molecule has 0 aliphatic heterocycles. The zero-order valence-corrected chi connectivity index (χ0v) is 15.2. The van der Waals surface area contributed by atoms with E-state index in [9.17, 15) is 14.4 Å². The minimum atomic E-state index is -0.400. The van der Waals surface area contributed by atoms with Gasteiger partial charge in [-0.15, -0.1) is 0 Å². The van der Waals surface area contributed by atoms with E-state index in [4.69, 9.17) is 0 Å². The fraction of sp³-hybridized carbons (Fsp3) is 0.250. The number of hydrogen-bond donors (Lipinski definition) is 2. The molecule has 0 aliphatic carbocycles. The summed E-state index contributed by atoms with van der Waals surface area (Å²) in [7, 11) is 3.37. The second kappa shape index (κ2) is 8.80. The van der Waals surface area contributed by atoms with Crippen molar-refractivity contribution in [3.8, 4) is 0 Å². The summed E-state index contributed by atoms with van der Waals surface area (Å²) in [5.74, 6) is -0.518. The molecule has 2 N–H and O–H groups in total. The SMILES string of the molecule is CC(=O)NC(CC(=O)Nc1ccc(C(=O)N(C)C)cc1)c1ccccc1. The normalized spacial score (nSPS) is 11.3. The minimum absolute atomic E-state index is 0.0994. The molecule has 26 heavy (non-hydrogen) atoms. The Hall–Kier alpha value is -3.15. The molecule has 0 fully saturated rings. The van der Waals surface area contributed by atoms with Crippen molar-refractivity contribution in [2.45, 2.75) is 19.4 Å². The Balaban J connectivity index is 2.03. The number of anilines is 1. The van der Waals surface area contributed by atoms with Gasteiger partial charge < -0.3 is 15.5 Å². The smallest absolute Gasteiger partial charge is 0.253 e. The van der Waals surface area contributed by atoms with Gasteiger partial charge in [0.25, 0.3) is 5.91 Å². The zero-order valence-electron chi connectivity index (χ0n) is 15.2. The number of benzene rings is 2. The van der Waals surface area contributed by atoms with Crippen molar-refractivity contribution in [1.82, 2.24) is 10.2 Å². The van der Waals surface area contributed by atoms with Gasteiger partial charge in [-0.1, -0.05) is 30.3 Å². The van der Waals surface area contributed by atoms with Crippen molar-refractivity contribution in [3.63, 3.8) is 0 Å². The van der Waals surface area contributed by atoms with Gasteiger partial charge in [-0.25, -0.2) is 0 Å². The van der Waals surface area contributed by atoms with Gasteiger partial charge in [-0.2, -0.15) is 0 Å². The molecule has 0 saturated heterocycles. The Kier molecular flexibility index (Phi) is 6.49. The number of amides is 3. The number of nitrogens with zero attached hydrogens (tertiary/aromatic N) is 1. The second-order valence-electron chi connectivity index (χ2n) is 6.19. The summed E-state index contributed by atoms with van der Waals surface area (Å²) in [5, 5.41) is 5.60. The fourth-order valence-electron chi connectivity index (χ4n) is 2.53. The van der Waals surface area contributed by atoms with E-state index in [1.54, 1.807) is 38.4 Å². The standard InChI is InChI=1S/C20H23N3O3/c1-14(24)21-18(15-7-5-4-6-8-15)13-19(25)22-17-11-9-16(10-12-17)20(26)23(2)3/h4-12,18H,13H2,1-3H3,(H,21,24)(H,22,25). The van der Waals surface area contributed by atoms with Crippen LogP contribution in [0.15, 0.2) is 54.6 Å². The van der Waals surface area contributed by atoms with Crippen LogP contribution in [-0.4, -0.2) is 36.7 Å². The molecular weight excluding hydrogens is 330 g/mol. The van der Waals surface area contributed by atoms with E-state index >= 15 is 0 Å². The Bertz CT molecular complexity index is 771. The molecule has 6 heteroatoms. The van der Waals surface area contributed by atoms with Crippen LogP contribution in [-0.2, 0) is 9.59 Å². The Morgan fingerprint density at radius 3 is 2.12 bits per heavy atom. The van der Waals surface area contributed by atoms with Crippen molar-refractivity contribution in [1.29, 1.82) is 0 Å². The van der Waals surface area contributed by atoms with Crippen LogP contribution in [0.4, 0.5) is 5.69 Å². The summed E-state index contributed by atoms with van der Waals surface area (Å²) in [6, 6.07) is 15.7. The van der Waals surface area contributed by atoms with Gasteiger partial charge >= 0.3 is 0 Å². The largest absolute Gasteiger partial charge is 0.349 e. The summed E-state index contributed by atoms with van der Waals surface area (Å²) in [6.07, 6.45) is 0.113. The summed E-state index contributed by atoms with van der Waals surface area (Å²) in [4.78, 5) is 37.2. The highest BCUT2D eigenvalue weighted by molar-refractivity contribution is 5.95. The summed E-state index contributed by atoms with van der Waals surface area (Å²) in [5.41, 5.74) is 2.01. The first-order valence-electron chi connectivity index (χ1n) is 8.30. The van der Waals surface area contributed by atoms with Crippen LogP contribution in [0.1, 0.15) is 35.3 Å². The predicted molar refractivity (Wildman–Crippen MR) is 101 cm³/mol. The molecule has 2 aromatic rings. The highest BCUT2D eigenvalue weighted by Gasteiger charge is 2.17. The highest BCUT2D eigenvalue weighted by Crippen LogP contribution is 2.18. The lowest BCUT2D eigenvalue weighted by Gasteiger charge is -2.18. The molecule has 0 heterocycles. The van der Waals surface area contributed by atoms with Crippen LogP contribution in [0.2, 0.25) is 0 Å². The van der Waals surface area contributed by atoms with E-state index in [0.29, 0.717) is 11.3 Å². The lowest BCUT2D eigenvalue weighted by atomic mass is 10.0. The Morgan fingerprint density at radius 2 is 1.58 bits per heavy atom. The van der Waals surface area contributed by atoms with Gasteiger partial charge in [0, 0.05) is 32.3 Å². The van der Waals surface area contributed by atoms with Crippen LogP contribution in [0.25, 0.3) is 0 Å². The van der Waals surface area contributed by atoms with E-state index in [-0.39, 0.29) is 24.1 Å². The van der Waals surface area contributed by atoms with E-state index in [0.717, 1.165) is 5.56 Å². The van der Waals surface area contributed by atoms with Crippen LogP contribution in [0.3, 0.4) is 0 Å². The molecule has 1 unspecified atom stereocenters. The first-order valence-corrected chi connectivity index (χ1v) is 8.30. The van der Waals surface area contributed by atoms with Gasteiger partial charge in [-0.3, -0.25) is 14.4 Å². The molecule has 3 amide bonds. The summed E-state index contributed by atoms with van der Waals surface area (Å²) >= 11 is 0. The van der Waals surface area contributed by atoms with Crippen LogP contribution in [0, 0.1) is 0 Å². The molecule has 2 rings (SSSR count). The Morgan fingerprint density at radius 1 is 0.962 bits per heavy atom. The van der Waals surface area contributed by atoms with Gasteiger partial charge in [-0.05, 0) is 29.8 Å². The maximum Gasteiger partial charge on any atom is 0.253 e. The third-order valence-electron chi connectivity index (χ3n) is 3.79. The molecular formula is C20H23N3O3. The average molecular weight is 353 g/mol. The quantitative estimate of drug-likeness (QED) is 0.838. The van der Waals surface area contributed by atoms with Crippen LogP contribution < -0.4 is 10.6 Å². The van der Waals surface area contributed by atoms with Gasteiger partial charge in [0.15, 0.2) is 0 Å². The lowest BCUT2D eigenvalue weighted by molar-refractivity contribution is -0.120. The van der Waals surface area contributed by atoms with Gasteiger partial charge in [0.2, 0.25) is 11.8 Å². The summed E-state index contributed by atoms with van der Waals surface area (Å²) < 4.78 is 0. The van der Waals surface area contributed by atoms with E-state index in [1.807, 2.05) is 30.3 Å². The van der Waals surface area contributed by atoms with Gasteiger partial charge in [0.1, 0.15) is 0 Å². The molecule has 136 valence electrons. The third-order valence-corrected chi connectivity index (χ3v) is 3.79. The topological polar surface area (TPSA) is 78.5 Å². The molecule has 0 spiro atoms. The van der Waals surface area contributed by atoms with E-state index < -0.39 is 6.04 Å². The Labute approximate surface area is 153 Å². The number of carbonyl (C=O) groups excluding carboxylic acids is 3. The molecule has 1 atom stereocenters. The molecule has 6 nitrogen and oxygen atoms in total. The fourth-order valence-corrected chi connectivity index (χ4v) is 2.53. The minimum Gasteiger partial charge on any atom is -0.349 e. The lowest BCUT2D eigenvalue weighted by Crippen LogP contribution is -2.29. The maximum atomic E-state index is 12.4. The number of nitrogens with one attached hydrogen (secondary N) is 2. The number of carbonyl (C=O) groups is 3. The van der Waals surface area contributed by atoms with Crippen molar-refractivity contribution in [3.05, 3.63) is 65.7 Å². The van der Waals surface area contributed by atoms with E-state index in [2.05, 4.69) is 10.6 Å². The first kappa shape index (κ1) is 19.2. The highest BCUT2D eigenvalue weighted by atomic mass is 16.2. The molecule has 0 saturated carbocycles. The van der Waals surface area contributed by atoms with Crippen LogP contribution in [0.5, 0.6) is 0 Å². The molecule has 0 bridgehead atoms. The predicted octanol–water partition coefficient (Wildman–Crippen LogP) is 2.59. The van der Waals surface area contributed by atoms with Crippen molar-refractivity contribution < 1.29 is 14.4 Å². The maximum absolute atomic E-state index is 12.4. The number of rotatable bonds is 6. The zero-order chi connectivity index (χ0) is 19.1. The molecule has 0 aromatic heterocycles. The van der Waals surface area contributed by atoms with Crippen molar-refractivity contribution in [2.24, 2.45) is 0 Å². The third kappa shape index (κ3) is 5.44. The average Bonchev–Trinajstić information content (AvgIpc) is 2.61. The summed E-state index contributed by atoms with van der Waals surface area (Å²) in [6.45, 7) is 1.42. The first-order chi connectivity index (χ1) is 12.4. The number of hydrogen-bond acceptors (Lipinski definition) is 3. The molecule has 0 radical (unpaired) electrons. The van der Waals surface area contributed by atoms with Crippen molar-refractivity contribution >= 4 is 23.4 Å². The van der Waals surface area contributed by atoms with Gasteiger partial charge in [0.05, 0.1) is 12.5 Å². The monoisotopic (exact) mass is 353 g/mol. The molecule has 2 aromatic carbocycles. The van der Waals surface area contributed by atoms with E-state index in [1.165, 1.54) is 11.8 Å². The second-order valence-corrected chi connectivity index (χ2v) is 6.19. The molecule has 0 aliphatic rings.